The van der Waals surface area contributed by atoms with Crippen LogP contribution in [0.4, 0.5) is 0 Å². The van der Waals surface area contributed by atoms with Crippen LogP contribution in [0.5, 0.6) is 0 Å². The summed E-state index contributed by atoms with van der Waals surface area (Å²) in [5.74, 6) is 0.426. The van der Waals surface area contributed by atoms with Crippen LogP contribution < -0.4 is 10.7 Å². The lowest BCUT2D eigenvalue weighted by molar-refractivity contribution is -0.154. The van der Waals surface area contributed by atoms with E-state index < -0.39 is 0 Å². The molecule has 5 nitrogen and oxygen atoms in total. The van der Waals surface area contributed by atoms with E-state index in [0.717, 1.165) is 32.1 Å². The molecule has 1 aliphatic heterocycles. The molecule has 0 spiro atoms. The molecule has 0 aromatic carbocycles. The summed E-state index contributed by atoms with van der Waals surface area (Å²) >= 11 is 0. The SMILES string of the molecule is CCCN1NC(C(=O)NCC)C2CCCCC2C1=O. The number of carbonyl (C=O) groups excluding carboxylic acids is 2. The van der Waals surface area contributed by atoms with Crippen LogP contribution in [-0.2, 0) is 9.59 Å². The molecule has 2 amide bonds. The minimum Gasteiger partial charge on any atom is -0.355 e. The molecule has 0 aromatic heterocycles. The van der Waals surface area contributed by atoms with E-state index in [-0.39, 0.29) is 29.7 Å². The third-order valence-corrected chi connectivity index (χ3v) is 4.21. The summed E-state index contributed by atoms with van der Waals surface area (Å²) in [7, 11) is 0. The number of carbonyl (C=O) groups is 2. The number of likely N-dealkylation sites (N-methyl/N-ethyl adjacent to an activating group) is 1. The van der Waals surface area contributed by atoms with Gasteiger partial charge < -0.3 is 5.32 Å². The minimum absolute atomic E-state index is 0.0352. The molecule has 3 atom stereocenters. The van der Waals surface area contributed by atoms with Crippen molar-refractivity contribution < 1.29 is 9.59 Å². The van der Waals surface area contributed by atoms with Crippen LogP contribution in [0.3, 0.4) is 0 Å². The molecule has 2 fully saturated rings. The third-order valence-electron chi connectivity index (χ3n) is 4.21. The Morgan fingerprint density at radius 1 is 1.37 bits per heavy atom. The van der Waals surface area contributed by atoms with Gasteiger partial charge in [0, 0.05) is 19.0 Å². The number of hydrogen-bond donors (Lipinski definition) is 2. The number of hydrazine groups is 1. The zero-order valence-corrected chi connectivity index (χ0v) is 11.9. The first-order chi connectivity index (χ1) is 9.19. The molecule has 1 saturated carbocycles. The van der Waals surface area contributed by atoms with Crippen molar-refractivity contribution in [1.82, 2.24) is 15.8 Å². The molecule has 1 aliphatic carbocycles. The number of nitrogens with one attached hydrogen (secondary N) is 2. The van der Waals surface area contributed by atoms with Gasteiger partial charge in [-0.05, 0) is 32.1 Å². The van der Waals surface area contributed by atoms with Crippen LogP contribution in [0.25, 0.3) is 0 Å². The van der Waals surface area contributed by atoms with Crippen LogP contribution in [0.15, 0.2) is 0 Å². The van der Waals surface area contributed by atoms with Gasteiger partial charge in [0.2, 0.25) is 11.8 Å². The Labute approximate surface area is 115 Å². The predicted octanol–water partition coefficient (Wildman–Crippen LogP) is 1.05. The van der Waals surface area contributed by atoms with Crippen molar-refractivity contribution in [2.24, 2.45) is 11.8 Å². The normalized spacial score (nSPS) is 30.9. The summed E-state index contributed by atoms with van der Waals surface area (Å²) in [4.78, 5) is 24.6. The third kappa shape index (κ3) is 2.91. The Morgan fingerprint density at radius 3 is 2.79 bits per heavy atom. The van der Waals surface area contributed by atoms with Crippen molar-refractivity contribution in [3.63, 3.8) is 0 Å². The minimum atomic E-state index is -0.241. The largest absolute Gasteiger partial charge is 0.355 e. The van der Waals surface area contributed by atoms with E-state index >= 15 is 0 Å². The van der Waals surface area contributed by atoms with Gasteiger partial charge in [-0.15, -0.1) is 0 Å². The fourth-order valence-electron chi connectivity index (χ4n) is 3.33. The van der Waals surface area contributed by atoms with E-state index in [0.29, 0.717) is 13.1 Å². The highest BCUT2D eigenvalue weighted by molar-refractivity contribution is 5.87. The number of hydrogen-bond acceptors (Lipinski definition) is 3. The molecule has 108 valence electrons. The molecule has 0 bridgehead atoms. The fourth-order valence-corrected chi connectivity index (χ4v) is 3.33. The van der Waals surface area contributed by atoms with Crippen molar-refractivity contribution in [1.29, 1.82) is 0 Å². The van der Waals surface area contributed by atoms with E-state index in [1.54, 1.807) is 5.01 Å². The molecule has 0 radical (unpaired) electrons. The summed E-state index contributed by atoms with van der Waals surface area (Å²) in [6.45, 7) is 5.28. The van der Waals surface area contributed by atoms with E-state index in [2.05, 4.69) is 10.7 Å². The van der Waals surface area contributed by atoms with Crippen LogP contribution >= 0.6 is 0 Å². The summed E-state index contributed by atoms with van der Waals surface area (Å²) < 4.78 is 0. The first-order valence-electron chi connectivity index (χ1n) is 7.54. The summed E-state index contributed by atoms with van der Waals surface area (Å²) in [5, 5.41) is 4.56. The lowest BCUT2D eigenvalue weighted by atomic mass is 9.73. The van der Waals surface area contributed by atoms with Crippen LogP contribution in [0.1, 0.15) is 46.0 Å². The lowest BCUT2D eigenvalue weighted by Gasteiger charge is -2.45. The van der Waals surface area contributed by atoms with Gasteiger partial charge in [-0.3, -0.25) is 14.6 Å². The van der Waals surface area contributed by atoms with Gasteiger partial charge >= 0.3 is 0 Å². The highest BCUT2D eigenvalue weighted by Gasteiger charge is 2.45. The monoisotopic (exact) mass is 267 g/mol. The lowest BCUT2D eigenvalue weighted by Crippen LogP contribution is -2.65. The zero-order chi connectivity index (χ0) is 13.8. The van der Waals surface area contributed by atoms with Crippen molar-refractivity contribution >= 4 is 11.8 Å². The molecule has 5 heteroatoms. The van der Waals surface area contributed by atoms with Gasteiger partial charge in [-0.2, -0.15) is 0 Å². The van der Waals surface area contributed by atoms with Gasteiger partial charge in [0.25, 0.3) is 0 Å². The van der Waals surface area contributed by atoms with Gasteiger partial charge in [0.15, 0.2) is 0 Å². The van der Waals surface area contributed by atoms with Crippen LogP contribution in [0, 0.1) is 11.8 Å². The molecule has 3 unspecified atom stereocenters. The molecule has 1 heterocycles. The molecule has 2 N–H and O–H groups in total. The topological polar surface area (TPSA) is 61.4 Å². The number of rotatable bonds is 4. The average Bonchev–Trinajstić information content (AvgIpc) is 2.42. The fraction of sp³-hybridized carbons (Fsp3) is 0.857. The highest BCUT2D eigenvalue weighted by atomic mass is 16.2. The molecule has 2 rings (SSSR count). The maximum absolute atomic E-state index is 12.4. The summed E-state index contributed by atoms with van der Waals surface area (Å²) in [5.41, 5.74) is 3.16. The molecular formula is C14H25N3O2. The van der Waals surface area contributed by atoms with E-state index in [1.165, 1.54) is 0 Å². The second-order valence-corrected chi connectivity index (χ2v) is 5.55. The first kappa shape index (κ1) is 14.3. The van der Waals surface area contributed by atoms with Crippen molar-refractivity contribution in [3.8, 4) is 0 Å². The Kier molecular flexibility index (Phi) is 4.80. The summed E-state index contributed by atoms with van der Waals surface area (Å²) in [6.07, 6.45) is 5.04. The molecule has 19 heavy (non-hydrogen) atoms. The molecule has 2 aliphatic rings. The number of fused-ring (bicyclic) bond motifs is 1. The number of amides is 2. The Hall–Kier alpha value is -1.10. The second kappa shape index (κ2) is 6.37. The van der Waals surface area contributed by atoms with Gasteiger partial charge in [-0.1, -0.05) is 19.8 Å². The maximum atomic E-state index is 12.4. The Bertz CT molecular complexity index is 346. The first-order valence-corrected chi connectivity index (χ1v) is 7.54. The van der Waals surface area contributed by atoms with Crippen LogP contribution in [-0.4, -0.2) is 36.0 Å². The smallest absolute Gasteiger partial charge is 0.240 e. The van der Waals surface area contributed by atoms with Crippen molar-refractivity contribution in [3.05, 3.63) is 0 Å². The van der Waals surface area contributed by atoms with Gasteiger partial charge in [-0.25, -0.2) is 5.43 Å². The Morgan fingerprint density at radius 2 is 2.11 bits per heavy atom. The van der Waals surface area contributed by atoms with E-state index in [1.807, 2.05) is 13.8 Å². The Balaban J connectivity index is 2.15. The average molecular weight is 267 g/mol. The maximum Gasteiger partial charge on any atom is 0.240 e. The number of nitrogens with zero attached hydrogens (tertiary/aromatic N) is 1. The summed E-state index contributed by atoms with van der Waals surface area (Å²) in [6, 6.07) is -0.241. The zero-order valence-electron chi connectivity index (χ0n) is 11.9. The molecular weight excluding hydrogens is 242 g/mol. The second-order valence-electron chi connectivity index (χ2n) is 5.55. The van der Waals surface area contributed by atoms with E-state index in [4.69, 9.17) is 0 Å². The molecule has 0 aromatic rings. The van der Waals surface area contributed by atoms with E-state index in [9.17, 15) is 9.59 Å². The predicted molar refractivity (Wildman–Crippen MR) is 73.1 cm³/mol. The highest BCUT2D eigenvalue weighted by Crippen LogP contribution is 2.36. The van der Waals surface area contributed by atoms with Gasteiger partial charge in [0.05, 0.1) is 0 Å². The molecule has 1 saturated heterocycles. The van der Waals surface area contributed by atoms with Gasteiger partial charge in [0.1, 0.15) is 6.04 Å². The van der Waals surface area contributed by atoms with Crippen molar-refractivity contribution in [2.75, 3.05) is 13.1 Å². The quantitative estimate of drug-likeness (QED) is 0.800. The van der Waals surface area contributed by atoms with Crippen molar-refractivity contribution in [2.45, 2.75) is 52.0 Å². The van der Waals surface area contributed by atoms with Crippen LogP contribution in [0.2, 0.25) is 0 Å². The standard InChI is InChI=1S/C14H25N3O2/c1-3-9-17-14(19)11-8-6-5-7-10(11)12(16-17)13(18)15-4-2/h10-12,16H,3-9H2,1-2H3,(H,15,18).